The third-order valence-corrected chi connectivity index (χ3v) is 2.94. The van der Waals surface area contributed by atoms with Crippen molar-refractivity contribution in [2.75, 3.05) is 5.75 Å². The molecule has 0 fully saturated rings. The lowest BCUT2D eigenvalue weighted by atomic mass is 10.4. The van der Waals surface area contributed by atoms with Crippen molar-refractivity contribution >= 4 is 40.9 Å². The molecule has 70 valence electrons. The van der Waals surface area contributed by atoms with Gasteiger partial charge in [0.15, 0.2) is 0 Å². The second-order valence-electron chi connectivity index (χ2n) is 2.24. The molecule has 0 atom stereocenters. The van der Waals surface area contributed by atoms with Crippen molar-refractivity contribution in [2.45, 2.75) is 4.90 Å². The zero-order chi connectivity index (χ0) is 9.84. The molecule has 13 heavy (non-hydrogen) atoms. The molecule has 0 aliphatic carbocycles. The van der Waals surface area contributed by atoms with Crippen LogP contribution in [-0.2, 0) is 4.79 Å². The van der Waals surface area contributed by atoms with Gasteiger partial charge in [0.2, 0.25) is 0 Å². The normalized spacial score (nSPS) is 10.0. The Morgan fingerprint density at radius 3 is 2.77 bits per heavy atom. The summed E-state index contributed by atoms with van der Waals surface area (Å²) in [6.07, 6.45) is 0. The molecule has 1 aromatic rings. The molecule has 0 saturated carbocycles. The van der Waals surface area contributed by atoms with E-state index in [9.17, 15) is 9.90 Å². The number of rotatable bonds is 3. The molecule has 0 spiro atoms. The van der Waals surface area contributed by atoms with Crippen LogP contribution in [0.1, 0.15) is 0 Å². The van der Waals surface area contributed by atoms with Crippen LogP contribution in [0.4, 0.5) is 0 Å². The summed E-state index contributed by atoms with van der Waals surface area (Å²) in [5.74, 6) is -1.25. The van der Waals surface area contributed by atoms with Gasteiger partial charge in [0.05, 0.1) is 11.0 Å². The summed E-state index contributed by atoms with van der Waals surface area (Å²) in [4.78, 5) is 10.8. The Kier molecular flexibility index (Phi) is 3.90. The molecule has 0 aromatic heterocycles. The molecule has 0 saturated heterocycles. The maximum absolute atomic E-state index is 10.2. The zero-order valence-corrected chi connectivity index (χ0v) is 8.75. The van der Waals surface area contributed by atoms with E-state index in [0.29, 0.717) is 14.9 Å². The minimum absolute atomic E-state index is 0.125. The first-order valence-electron chi connectivity index (χ1n) is 3.37. The van der Waals surface area contributed by atoms with Crippen molar-refractivity contribution in [3.8, 4) is 0 Å². The summed E-state index contributed by atoms with van der Waals surface area (Å²) in [6.45, 7) is 0. The predicted molar refractivity (Wildman–Crippen MR) is 52.2 cm³/mol. The van der Waals surface area contributed by atoms with Crippen LogP contribution in [-0.4, -0.2) is 11.7 Å². The molecule has 1 aromatic carbocycles. The van der Waals surface area contributed by atoms with Crippen molar-refractivity contribution in [3.05, 3.63) is 28.2 Å². The van der Waals surface area contributed by atoms with E-state index in [0.717, 1.165) is 11.8 Å². The molecule has 5 heteroatoms. The second-order valence-corrected chi connectivity index (χ2v) is 4.10. The van der Waals surface area contributed by atoms with Crippen LogP contribution < -0.4 is 5.11 Å². The lowest BCUT2D eigenvalue weighted by molar-refractivity contribution is -0.301. The third kappa shape index (κ3) is 3.46. The first-order chi connectivity index (χ1) is 6.09. The van der Waals surface area contributed by atoms with Crippen molar-refractivity contribution in [1.82, 2.24) is 0 Å². The van der Waals surface area contributed by atoms with Crippen LogP contribution >= 0.6 is 35.0 Å². The summed E-state index contributed by atoms with van der Waals surface area (Å²) in [5.41, 5.74) is 0. The fourth-order valence-corrected chi connectivity index (χ4v) is 1.93. The van der Waals surface area contributed by atoms with Gasteiger partial charge in [0, 0.05) is 15.7 Å². The summed E-state index contributed by atoms with van der Waals surface area (Å²) >= 11 is 12.6. The predicted octanol–water partition coefficient (Wildman–Crippen LogP) is 1.84. The van der Waals surface area contributed by atoms with Gasteiger partial charge in [-0.05, 0) is 18.2 Å². The lowest BCUT2D eigenvalue weighted by Gasteiger charge is -2.04. The van der Waals surface area contributed by atoms with Crippen LogP contribution in [0.5, 0.6) is 0 Å². The maximum atomic E-state index is 10.2. The molecule has 1 rings (SSSR count). The van der Waals surface area contributed by atoms with E-state index < -0.39 is 5.97 Å². The molecule has 2 nitrogen and oxygen atoms in total. The van der Waals surface area contributed by atoms with E-state index in [-0.39, 0.29) is 5.75 Å². The average Bonchev–Trinajstić information content (AvgIpc) is 2.06. The van der Waals surface area contributed by atoms with E-state index >= 15 is 0 Å². The Morgan fingerprint density at radius 1 is 1.46 bits per heavy atom. The van der Waals surface area contributed by atoms with E-state index in [1.165, 1.54) is 0 Å². The Labute approximate surface area is 89.8 Å². The highest BCUT2D eigenvalue weighted by Crippen LogP contribution is 2.29. The minimum Gasteiger partial charge on any atom is -0.549 e. The molecule has 0 bridgehead atoms. The minimum atomic E-state index is -1.12. The highest BCUT2D eigenvalue weighted by atomic mass is 35.5. The Hall–Kier alpha value is -0.380. The van der Waals surface area contributed by atoms with Gasteiger partial charge >= 0.3 is 0 Å². The van der Waals surface area contributed by atoms with E-state index in [4.69, 9.17) is 23.2 Å². The number of hydrogen-bond donors (Lipinski definition) is 0. The molecule has 0 aliphatic rings. The first-order valence-corrected chi connectivity index (χ1v) is 5.11. The summed E-state index contributed by atoms with van der Waals surface area (Å²) < 4.78 is 0. The van der Waals surface area contributed by atoms with Crippen molar-refractivity contribution < 1.29 is 9.90 Å². The van der Waals surface area contributed by atoms with Gasteiger partial charge in [-0.15, -0.1) is 11.8 Å². The SMILES string of the molecule is O=C([O-])CSc1cc(Cl)ccc1Cl. The molecule has 0 unspecified atom stereocenters. The summed E-state index contributed by atoms with van der Waals surface area (Å²) in [6, 6.07) is 4.89. The van der Waals surface area contributed by atoms with Gasteiger partial charge in [-0.3, -0.25) is 0 Å². The fourth-order valence-electron chi connectivity index (χ4n) is 0.724. The second kappa shape index (κ2) is 4.74. The Morgan fingerprint density at radius 2 is 2.15 bits per heavy atom. The molecule has 0 aliphatic heterocycles. The van der Waals surface area contributed by atoms with Gasteiger partial charge in [-0.2, -0.15) is 0 Å². The van der Waals surface area contributed by atoms with Crippen LogP contribution in [0.15, 0.2) is 23.1 Å². The topological polar surface area (TPSA) is 40.1 Å². The average molecular weight is 236 g/mol. The number of carboxylic acids is 1. The highest BCUT2D eigenvalue weighted by molar-refractivity contribution is 8.00. The largest absolute Gasteiger partial charge is 0.549 e. The number of carbonyl (C=O) groups is 1. The van der Waals surface area contributed by atoms with Crippen LogP contribution in [0.25, 0.3) is 0 Å². The maximum Gasteiger partial charge on any atom is 0.0543 e. The standard InChI is InChI=1S/C8H6Cl2O2S/c9-5-1-2-6(10)7(3-5)13-4-8(11)12/h1-3H,4H2,(H,11,12)/p-1. The van der Waals surface area contributed by atoms with Crippen LogP contribution in [0.3, 0.4) is 0 Å². The molecule has 0 heterocycles. The van der Waals surface area contributed by atoms with Gasteiger partial charge in [-0.1, -0.05) is 23.2 Å². The number of hydrogen-bond acceptors (Lipinski definition) is 3. The van der Waals surface area contributed by atoms with E-state index in [1.807, 2.05) is 0 Å². The fraction of sp³-hybridized carbons (Fsp3) is 0.125. The third-order valence-electron chi connectivity index (χ3n) is 1.24. The van der Waals surface area contributed by atoms with Gasteiger partial charge < -0.3 is 9.90 Å². The number of carboxylic acid groups (broad SMARTS) is 1. The Bertz CT molecular complexity index is 328. The highest BCUT2D eigenvalue weighted by Gasteiger charge is 2.01. The number of halogens is 2. The van der Waals surface area contributed by atoms with Crippen molar-refractivity contribution in [2.24, 2.45) is 0 Å². The zero-order valence-electron chi connectivity index (χ0n) is 6.42. The molecule has 0 radical (unpaired) electrons. The van der Waals surface area contributed by atoms with E-state index in [1.54, 1.807) is 18.2 Å². The summed E-state index contributed by atoms with van der Waals surface area (Å²) in [5, 5.41) is 11.2. The van der Waals surface area contributed by atoms with Crippen molar-refractivity contribution in [3.63, 3.8) is 0 Å². The molecular formula is C8H5Cl2O2S-. The molecule has 0 N–H and O–H groups in total. The van der Waals surface area contributed by atoms with E-state index in [2.05, 4.69) is 0 Å². The van der Waals surface area contributed by atoms with Gasteiger partial charge in [0.1, 0.15) is 0 Å². The van der Waals surface area contributed by atoms with Gasteiger partial charge in [-0.25, -0.2) is 0 Å². The van der Waals surface area contributed by atoms with Gasteiger partial charge in [0.25, 0.3) is 0 Å². The molecular weight excluding hydrogens is 231 g/mol. The van der Waals surface area contributed by atoms with Crippen LogP contribution in [0.2, 0.25) is 10.0 Å². The quantitative estimate of drug-likeness (QED) is 0.751. The van der Waals surface area contributed by atoms with Crippen LogP contribution in [0, 0.1) is 0 Å². The number of carbonyl (C=O) groups excluding carboxylic acids is 1. The number of aliphatic carboxylic acids is 1. The number of thioether (sulfide) groups is 1. The smallest absolute Gasteiger partial charge is 0.0543 e. The van der Waals surface area contributed by atoms with Crippen molar-refractivity contribution in [1.29, 1.82) is 0 Å². The Balaban J connectivity index is 2.75. The first kappa shape index (κ1) is 10.7. The summed E-state index contributed by atoms with van der Waals surface area (Å²) in [7, 11) is 0. The lowest BCUT2D eigenvalue weighted by Crippen LogP contribution is -2.24. The monoisotopic (exact) mass is 235 g/mol. The molecule has 0 amide bonds. The number of benzene rings is 1.